The Morgan fingerprint density at radius 1 is 1.08 bits per heavy atom. The molecule has 1 aliphatic rings. The normalized spacial score (nSPS) is 14.8. The van der Waals surface area contributed by atoms with Gasteiger partial charge >= 0.3 is 0 Å². The summed E-state index contributed by atoms with van der Waals surface area (Å²) in [5, 5.41) is 0. The molecule has 7 nitrogen and oxygen atoms in total. The highest BCUT2D eigenvalue weighted by Crippen LogP contribution is 2.16. The quantitative estimate of drug-likeness (QED) is 0.741. The molecule has 8 heteroatoms. The molecule has 0 radical (unpaired) electrons. The molecule has 1 fully saturated rings. The molecule has 1 saturated heterocycles. The van der Waals surface area contributed by atoms with E-state index in [1.807, 2.05) is 35.2 Å². The van der Waals surface area contributed by atoms with Gasteiger partial charge in [-0.15, -0.1) is 11.8 Å². The highest BCUT2D eigenvalue weighted by atomic mass is 32.2. The van der Waals surface area contributed by atoms with Gasteiger partial charge in [0.15, 0.2) is 0 Å². The monoisotopic (exact) mass is 368 g/mol. The molecule has 1 aliphatic heterocycles. The summed E-state index contributed by atoms with van der Waals surface area (Å²) in [7, 11) is 0. The van der Waals surface area contributed by atoms with Crippen LogP contribution in [0.25, 0.3) is 11.0 Å². The van der Waals surface area contributed by atoms with Crippen LogP contribution < -0.4 is 4.90 Å². The third-order valence-electron chi connectivity index (χ3n) is 4.37. The van der Waals surface area contributed by atoms with Gasteiger partial charge in [0, 0.05) is 38.6 Å². The van der Waals surface area contributed by atoms with Gasteiger partial charge in [0.1, 0.15) is 5.82 Å². The molecule has 2 aromatic heterocycles. The lowest BCUT2D eigenvalue weighted by Crippen LogP contribution is -2.49. The molecule has 0 aliphatic carbocycles. The number of nitrogens with one attached hydrogen (secondary N) is 1. The van der Waals surface area contributed by atoms with Gasteiger partial charge in [-0.05, 0) is 18.2 Å². The Kier molecular flexibility index (Phi) is 5.01. The molecule has 134 valence electrons. The number of hydrogen-bond acceptors (Lipinski definition) is 6. The molecule has 0 atom stereocenters. The largest absolute Gasteiger partial charge is 0.341 e. The van der Waals surface area contributed by atoms with E-state index in [0.29, 0.717) is 24.6 Å². The number of rotatable bonds is 5. The molecule has 1 aromatic carbocycles. The summed E-state index contributed by atoms with van der Waals surface area (Å²) in [5.74, 6) is 3.01. The summed E-state index contributed by atoms with van der Waals surface area (Å²) >= 11 is 1.60. The summed E-state index contributed by atoms with van der Waals surface area (Å²) < 4.78 is 0. The minimum atomic E-state index is 0.180. The van der Waals surface area contributed by atoms with Crippen molar-refractivity contribution in [2.75, 3.05) is 36.8 Å². The van der Waals surface area contributed by atoms with Crippen LogP contribution in [0.15, 0.2) is 42.7 Å². The van der Waals surface area contributed by atoms with Gasteiger partial charge in [0.25, 0.3) is 0 Å². The summed E-state index contributed by atoms with van der Waals surface area (Å²) in [6.45, 7) is 2.96. The van der Waals surface area contributed by atoms with Gasteiger partial charge in [-0.2, -0.15) is 0 Å². The van der Waals surface area contributed by atoms with Crippen molar-refractivity contribution in [1.82, 2.24) is 24.8 Å². The number of benzene rings is 1. The number of carbonyl (C=O) groups is 1. The maximum atomic E-state index is 12.4. The van der Waals surface area contributed by atoms with Gasteiger partial charge in [0.2, 0.25) is 11.9 Å². The minimum absolute atomic E-state index is 0.180. The first-order chi connectivity index (χ1) is 12.8. The van der Waals surface area contributed by atoms with Crippen molar-refractivity contribution in [2.24, 2.45) is 0 Å². The molecular formula is C18H20N6OS. The smallest absolute Gasteiger partial charge is 0.232 e. The second kappa shape index (κ2) is 7.74. The Morgan fingerprint density at radius 2 is 1.85 bits per heavy atom. The number of imidazole rings is 1. The zero-order valence-electron chi connectivity index (χ0n) is 14.3. The number of carbonyl (C=O) groups excluding carboxylic acids is 1. The molecule has 0 saturated carbocycles. The molecule has 0 bridgehead atoms. The molecule has 0 spiro atoms. The van der Waals surface area contributed by atoms with Gasteiger partial charge in [-0.1, -0.05) is 12.1 Å². The molecule has 26 heavy (non-hydrogen) atoms. The number of hydrogen-bond donors (Lipinski definition) is 1. The van der Waals surface area contributed by atoms with Gasteiger partial charge < -0.3 is 14.8 Å². The SMILES string of the molecule is O=C(CSCc1nc2ccccc2[nH]1)N1CCN(c2ncccn2)CC1. The number of H-pyrrole nitrogens is 1. The Labute approximate surface area is 155 Å². The molecule has 0 unspecified atom stereocenters. The maximum Gasteiger partial charge on any atom is 0.232 e. The van der Waals surface area contributed by atoms with Crippen LogP contribution in [0.3, 0.4) is 0 Å². The van der Waals surface area contributed by atoms with Crippen LogP contribution in [0.5, 0.6) is 0 Å². The van der Waals surface area contributed by atoms with Crippen molar-refractivity contribution in [3.05, 3.63) is 48.5 Å². The van der Waals surface area contributed by atoms with E-state index in [1.165, 1.54) is 0 Å². The standard InChI is InChI=1S/C18H20N6OS/c25-17(13-26-12-16-21-14-4-1-2-5-15(14)22-16)23-8-10-24(11-9-23)18-19-6-3-7-20-18/h1-7H,8-13H2,(H,21,22). The number of para-hydroxylation sites is 2. The van der Waals surface area contributed by atoms with E-state index in [2.05, 4.69) is 24.8 Å². The van der Waals surface area contributed by atoms with E-state index < -0.39 is 0 Å². The second-order valence-corrected chi connectivity index (χ2v) is 7.10. The van der Waals surface area contributed by atoms with E-state index in [-0.39, 0.29) is 5.91 Å². The van der Waals surface area contributed by atoms with E-state index >= 15 is 0 Å². The Bertz CT molecular complexity index is 843. The van der Waals surface area contributed by atoms with Crippen molar-refractivity contribution < 1.29 is 4.79 Å². The van der Waals surface area contributed by atoms with E-state index in [9.17, 15) is 4.79 Å². The Balaban J connectivity index is 1.24. The summed E-state index contributed by atoms with van der Waals surface area (Å²) in [6, 6.07) is 9.77. The summed E-state index contributed by atoms with van der Waals surface area (Å²) in [6.07, 6.45) is 3.49. The lowest BCUT2D eigenvalue weighted by molar-refractivity contribution is -0.128. The predicted octanol–water partition coefficient (Wildman–Crippen LogP) is 1.93. The lowest BCUT2D eigenvalue weighted by Gasteiger charge is -2.34. The topological polar surface area (TPSA) is 78.0 Å². The fraction of sp³-hybridized carbons (Fsp3) is 0.333. The van der Waals surface area contributed by atoms with Crippen LogP contribution in [-0.4, -0.2) is 62.7 Å². The van der Waals surface area contributed by atoms with Crippen LogP contribution in [-0.2, 0) is 10.5 Å². The molecule has 4 rings (SSSR count). The molecule has 1 amide bonds. The fourth-order valence-corrected chi connectivity index (χ4v) is 3.80. The highest BCUT2D eigenvalue weighted by molar-refractivity contribution is 7.99. The van der Waals surface area contributed by atoms with E-state index in [4.69, 9.17) is 0 Å². The first-order valence-electron chi connectivity index (χ1n) is 8.61. The zero-order valence-corrected chi connectivity index (χ0v) is 15.2. The highest BCUT2D eigenvalue weighted by Gasteiger charge is 2.22. The molecule has 3 aromatic rings. The maximum absolute atomic E-state index is 12.4. The van der Waals surface area contributed by atoms with E-state index in [1.54, 1.807) is 24.2 Å². The van der Waals surface area contributed by atoms with Crippen molar-refractivity contribution in [2.45, 2.75) is 5.75 Å². The van der Waals surface area contributed by atoms with Crippen LogP contribution in [0.1, 0.15) is 5.82 Å². The van der Waals surface area contributed by atoms with Crippen LogP contribution in [0.4, 0.5) is 5.95 Å². The van der Waals surface area contributed by atoms with Crippen molar-refractivity contribution in [3.63, 3.8) is 0 Å². The third kappa shape index (κ3) is 3.80. The van der Waals surface area contributed by atoms with Gasteiger partial charge in [-0.25, -0.2) is 15.0 Å². The number of thioether (sulfide) groups is 1. The number of amides is 1. The van der Waals surface area contributed by atoms with Crippen molar-refractivity contribution in [3.8, 4) is 0 Å². The first kappa shape index (κ1) is 16.8. The number of piperazine rings is 1. The van der Waals surface area contributed by atoms with Crippen molar-refractivity contribution in [1.29, 1.82) is 0 Å². The number of aromatic nitrogens is 4. The number of nitrogens with zero attached hydrogens (tertiary/aromatic N) is 5. The van der Waals surface area contributed by atoms with Crippen LogP contribution in [0.2, 0.25) is 0 Å². The predicted molar refractivity (Wildman–Crippen MR) is 103 cm³/mol. The first-order valence-corrected chi connectivity index (χ1v) is 9.76. The third-order valence-corrected chi connectivity index (χ3v) is 5.30. The van der Waals surface area contributed by atoms with Crippen LogP contribution in [0, 0.1) is 0 Å². The average Bonchev–Trinajstić information content (AvgIpc) is 3.11. The lowest BCUT2D eigenvalue weighted by atomic mass is 10.3. The van der Waals surface area contributed by atoms with E-state index in [0.717, 1.165) is 35.9 Å². The number of anilines is 1. The molecule has 3 heterocycles. The Morgan fingerprint density at radius 3 is 2.62 bits per heavy atom. The number of aromatic amines is 1. The average molecular weight is 368 g/mol. The second-order valence-electron chi connectivity index (χ2n) is 6.11. The fourth-order valence-electron chi connectivity index (χ4n) is 3.01. The molecular weight excluding hydrogens is 348 g/mol. The summed E-state index contributed by atoms with van der Waals surface area (Å²) in [4.78, 5) is 32.8. The van der Waals surface area contributed by atoms with Crippen molar-refractivity contribution >= 4 is 34.7 Å². The summed E-state index contributed by atoms with van der Waals surface area (Å²) in [5.41, 5.74) is 2.00. The minimum Gasteiger partial charge on any atom is -0.341 e. The van der Waals surface area contributed by atoms with Gasteiger partial charge in [-0.3, -0.25) is 4.79 Å². The van der Waals surface area contributed by atoms with Gasteiger partial charge in [0.05, 0.1) is 22.5 Å². The Hall–Kier alpha value is -2.61. The van der Waals surface area contributed by atoms with Crippen LogP contribution >= 0.6 is 11.8 Å². The molecule has 1 N–H and O–H groups in total. The zero-order chi connectivity index (χ0) is 17.8. The number of fused-ring (bicyclic) bond motifs is 1.